The molecule has 7 heavy (non-hydrogen) atoms. The van der Waals surface area contributed by atoms with Crippen molar-refractivity contribution in [3.05, 3.63) is 6.08 Å². The third-order valence-corrected chi connectivity index (χ3v) is 0.497. The minimum absolute atomic E-state index is 0.299. The standard InChI is InChI=1S/C4H3NOS/c6-4-5-2-1-3-7/h1H,2H2. The van der Waals surface area contributed by atoms with Gasteiger partial charge in [-0.15, -0.1) is 0 Å². The fourth-order valence-electron chi connectivity index (χ4n) is 0.120. The Morgan fingerprint density at radius 3 is 3.00 bits per heavy atom. The first-order valence-corrected chi connectivity index (χ1v) is 2.05. The Bertz CT molecular complexity index is 115. The van der Waals surface area contributed by atoms with Crippen LogP contribution in [0.1, 0.15) is 0 Å². The van der Waals surface area contributed by atoms with Crippen LogP contribution >= 0.6 is 12.2 Å². The van der Waals surface area contributed by atoms with Crippen LogP contribution in [0.25, 0.3) is 0 Å². The van der Waals surface area contributed by atoms with Gasteiger partial charge >= 0.3 is 0 Å². The summed E-state index contributed by atoms with van der Waals surface area (Å²) < 4.78 is 0. The number of nitrogens with zero attached hydrogens (tertiary/aromatic N) is 1. The Labute approximate surface area is 46.6 Å². The second-order valence-electron chi connectivity index (χ2n) is 0.754. The number of thiocarbonyl (C=S) groups is 1. The van der Waals surface area contributed by atoms with E-state index < -0.39 is 0 Å². The first kappa shape index (κ1) is 6.25. The highest BCUT2D eigenvalue weighted by Gasteiger charge is 1.61. The van der Waals surface area contributed by atoms with Gasteiger partial charge in [-0.3, -0.25) is 0 Å². The molecule has 0 amide bonds. The van der Waals surface area contributed by atoms with Gasteiger partial charge in [-0.05, 0) is 23.3 Å². The molecule has 0 atom stereocenters. The molecule has 0 fully saturated rings. The summed E-state index contributed by atoms with van der Waals surface area (Å²) in [4.78, 5) is 12.5. The fourth-order valence-corrected chi connectivity index (χ4v) is 0.195. The molecular weight excluding hydrogens is 110 g/mol. The second kappa shape index (κ2) is 5.25. The van der Waals surface area contributed by atoms with Crippen LogP contribution in [0.2, 0.25) is 0 Å². The molecule has 36 valence electrons. The summed E-state index contributed by atoms with van der Waals surface area (Å²) in [6, 6.07) is 0. The summed E-state index contributed by atoms with van der Waals surface area (Å²) in [5, 5.41) is 2.29. The molecule has 0 aliphatic heterocycles. The van der Waals surface area contributed by atoms with Crippen LogP contribution in [-0.4, -0.2) is 17.6 Å². The maximum Gasteiger partial charge on any atom is 0.235 e. The minimum Gasteiger partial charge on any atom is -0.211 e. The van der Waals surface area contributed by atoms with Crippen molar-refractivity contribution >= 4 is 23.3 Å². The van der Waals surface area contributed by atoms with Gasteiger partial charge in [-0.25, -0.2) is 9.79 Å². The van der Waals surface area contributed by atoms with Crippen molar-refractivity contribution in [3.63, 3.8) is 0 Å². The van der Waals surface area contributed by atoms with Gasteiger partial charge in [0.05, 0.1) is 6.54 Å². The maximum absolute atomic E-state index is 9.31. The van der Waals surface area contributed by atoms with E-state index in [4.69, 9.17) is 0 Å². The molecule has 0 saturated carbocycles. The Morgan fingerprint density at radius 2 is 2.57 bits per heavy atom. The largest absolute Gasteiger partial charge is 0.235 e. The van der Waals surface area contributed by atoms with Crippen molar-refractivity contribution in [2.45, 2.75) is 0 Å². The monoisotopic (exact) mass is 113 g/mol. The smallest absolute Gasteiger partial charge is 0.211 e. The molecule has 0 spiro atoms. The molecule has 0 rings (SSSR count). The summed E-state index contributed by atoms with van der Waals surface area (Å²) in [7, 11) is 0. The molecule has 2 nitrogen and oxygen atoms in total. The zero-order chi connectivity index (χ0) is 5.54. The molecule has 0 radical (unpaired) electrons. The first-order valence-electron chi connectivity index (χ1n) is 1.65. The van der Waals surface area contributed by atoms with Crippen LogP contribution < -0.4 is 0 Å². The van der Waals surface area contributed by atoms with E-state index >= 15 is 0 Å². The number of rotatable bonds is 2. The third kappa shape index (κ3) is 5.25. The number of isocyanates is 1. The van der Waals surface area contributed by atoms with Gasteiger partial charge in [0.2, 0.25) is 6.08 Å². The lowest BCUT2D eigenvalue weighted by Crippen LogP contribution is -1.66. The van der Waals surface area contributed by atoms with Crippen LogP contribution in [0.3, 0.4) is 0 Å². The van der Waals surface area contributed by atoms with E-state index in [1.54, 1.807) is 0 Å². The molecule has 0 aromatic rings. The Balaban J connectivity index is 3.33. The maximum atomic E-state index is 9.31. The summed E-state index contributed by atoms with van der Waals surface area (Å²) >= 11 is 4.27. The lowest BCUT2D eigenvalue weighted by Gasteiger charge is -1.63. The zero-order valence-corrected chi connectivity index (χ0v) is 4.36. The van der Waals surface area contributed by atoms with Crippen LogP contribution in [0.15, 0.2) is 11.1 Å². The summed E-state index contributed by atoms with van der Waals surface area (Å²) in [5.41, 5.74) is 0. The van der Waals surface area contributed by atoms with E-state index in [2.05, 4.69) is 22.2 Å². The highest BCUT2D eigenvalue weighted by atomic mass is 32.1. The molecule has 0 aromatic heterocycles. The highest BCUT2D eigenvalue weighted by molar-refractivity contribution is 7.78. The quantitative estimate of drug-likeness (QED) is 0.296. The number of hydrogen-bond donors (Lipinski definition) is 0. The van der Waals surface area contributed by atoms with Crippen molar-refractivity contribution in [3.8, 4) is 0 Å². The molecule has 3 heteroatoms. The van der Waals surface area contributed by atoms with Crippen molar-refractivity contribution in [1.82, 2.24) is 0 Å². The Kier molecular flexibility index (Phi) is 4.69. The summed E-state index contributed by atoms with van der Waals surface area (Å²) in [5.74, 6) is 0. The molecule has 0 aromatic carbocycles. The van der Waals surface area contributed by atoms with Crippen LogP contribution in [0, 0.1) is 0 Å². The van der Waals surface area contributed by atoms with E-state index in [1.807, 2.05) is 0 Å². The lowest BCUT2D eigenvalue weighted by molar-refractivity contribution is 0.564. The number of carbonyl (C=O) groups excluding carboxylic acids is 1. The molecule has 0 aliphatic carbocycles. The molecule has 0 heterocycles. The Hall–Kier alpha value is -0.750. The van der Waals surface area contributed by atoms with Crippen molar-refractivity contribution in [1.29, 1.82) is 0 Å². The predicted molar refractivity (Wildman–Crippen MR) is 30.2 cm³/mol. The van der Waals surface area contributed by atoms with Gasteiger partial charge in [-0.2, -0.15) is 0 Å². The molecular formula is C4H3NOS. The number of aliphatic imine (C=N–C) groups is 1. The molecule has 0 unspecified atom stereocenters. The molecule has 0 N–H and O–H groups in total. The lowest BCUT2D eigenvalue weighted by atomic mass is 10.7. The highest BCUT2D eigenvalue weighted by Crippen LogP contribution is 1.61. The fraction of sp³-hybridized carbons (Fsp3) is 0.250. The van der Waals surface area contributed by atoms with Crippen molar-refractivity contribution in [2.24, 2.45) is 4.99 Å². The molecule has 0 aliphatic rings. The van der Waals surface area contributed by atoms with Gasteiger partial charge in [-0.1, -0.05) is 0 Å². The van der Waals surface area contributed by atoms with Crippen molar-refractivity contribution < 1.29 is 4.79 Å². The number of hydrogen-bond acceptors (Lipinski definition) is 3. The minimum atomic E-state index is 0.299. The summed E-state index contributed by atoms with van der Waals surface area (Å²) in [6.07, 6.45) is 2.83. The van der Waals surface area contributed by atoms with Gasteiger partial charge < -0.3 is 0 Å². The van der Waals surface area contributed by atoms with E-state index in [0.717, 1.165) is 0 Å². The second-order valence-corrected chi connectivity index (χ2v) is 0.990. The van der Waals surface area contributed by atoms with Gasteiger partial charge in [0.25, 0.3) is 0 Å². The zero-order valence-electron chi connectivity index (χ0n) is 3.55. The Morgan fingerprint density at radius 1 is 1.86 bits per heavy atom. The molecule has 0 bridgehead atoms. The van der Waals surface area contributed by atoms with Crippen LogP contribution in [-0.2, 0) is 4.79 Å². The topological polar surface area (TPSA) is 29.4 Å². The van der Waals surface area contributed by atoms with Crippen LogP contribution in [0.4, 0.5) is 0 Å². The molecule has 0 saturated heterocycles. The van der Waals surface area contributed by atoms with E-state index in [1.165, 1.54) is 12.2 Å². The first-order chi connectivity index (χ1) is 3.41. The third-order valence-electron chi connectivity index (χ3n) is 0.330. The van der Waals surface area contributed by atoms with Crippen molar-refractivity contribution in [2.75, 3.05) is 6.54 Å². The van der Waals surface area contributed by atoms with E-state index in [9.17, 15) is 4.79 Å². The SMILES string of the molecule is O=C=NCC=C=S. The summed E-state index contributed by atoms with van der Waals surface area (Å²) in [6.45, 7) is 0.299. The normalized spacial score (nSPS) is 5.71. The van der Waals surface area contributed by atoms with Gasteiger partial charge in [0.1, 0.15) is 0 Å². The van der Waals surface area contributed by atoms with Crippen LogP contribution in [0.5, 0.6) is 0 Å². The van der Waals surface area contributed by atoms with Gasteiger partial charge in [0.15, 0.2) is 0 Å². The van der Waals surface area contributed by atoms with Gasteiger partial charge in [0, 0.05) is 0 Å². The predicted octanol–water partition coefficient (Wildman–Crippen LogP) is 0.477. The average Bonchev–Trinajstić information content (AvgIpc) is 1.69. The van der Waals surface area contributed by atoms with E-state index in [0.29, 0.717) is 6.54 Å². The average molecular weight is 113 g/mol. The van der Waals surface area contributed by atoms with E-state index in [-0.39, 0.29) is 0 Å².